The molecule has 1 aromatic carbocycles. The minimum atomic E-state index is -1.31. The lowest BCUT2D eigenvalue weighted by atomic mass is 10.2. The molecule has 1 rings (SSSR count). The Morgan fingerprint density at radius 3 is 2.67 bits per heavy atom. The highest BCUT2D eigenvalue weighted by Crippen LogP contribution is 2.21. The van der Waals surface area contributed by atoms with Crippen LogP contribution in [0.25, 0.3) is 6.08 Å². The van der Waals surface area contributed by atoms with E-state index in [0.717, 1.165) is 18.2 Å². The van der Waals surface area contributed by atoms with Crippen molar-refractivity contribution in [3.63, 3.8) is 0 Å². The van der Waals surface area contributed by atoms with E-state index in [2.05, 4.69) is 4.74 Å². The van der Waals surface area contributed by atoms with E-state index in [-0.39, 0.29) is 5.56 Å². The van der Waals surface area contributed by atoms with Crippen LogP contribution in [0.4, 0.5) is 8.78 Å². The molecule has 0 bridgehead atoms. The van der Waals surface area contributed by atoms with Gasteiger partial charge in [-0.1, -0.05) is 0 Å². The van der Waals surface area contributed by atoms with Crippen molar-refractivity contribution in [1.82, 2.24) is 0 Å². The molecule has 3 nitrogen and oxygen atoms in total. The molecule has 0 aliphatic rings. The lowest BCUT2D eigenvalue weighted by molar-refractivity contribution is -0.134. The molecule has 0 saturated carbocycles. The van der Waals surface area contributed by atoms with E-state index >= 15 is 0 Å². The minimum absolute atomic E-state index is 0.164. The average Bonchev–Trinajstić information content (AvgIpc) is 2.22. The summed E-state index contributed by atoms with van der Waals surface area (Å²) in [5.41, 5.74) is 0.164. The van der Waals surface area contributed by atoms with Gasteiger partial charge in [0.2, 0.25) is 0 Å². The van der Waals surface area contributed by atoms with Gasteiger partial charge in [0, 0.05) is 6.08 Å². The van der Waals surface area contributed by atoms with E-state index in [1.165, 1.54) is 13.2 Å². The van der Waals surface area contributed by atoms with E-state index in [1.54, 1.807) is 0 Å². The molecule has 0 spiro atoms. The zero-order valence-corrected chi connectivity index (χ0v) is 7.83. The summed E-state index contributed by atoms with van der Waals surface area (Å²) in [6.45, 7) is 0. The first-order chi connectivity index (χ1) is 7.04. The third kappa shape index (κ3) is 2.77. The summed E-state index contributed by atoms with van der Waals surface area (Å²) in [5, 5.41) is 8.94. The van der Waals surface area contributed by atoms with Gasteiger partial charge in [-0.3, -0.25) is 0 Å². The van der Waals surface area contributed by atoms with Gasteiger partial charge in [-0.15, -0.1) is 0 Å². The van der Waals surface area contributed by atoms with Crippen molar-refractivity contribution in [1.29, 1.82) is 0 Å². The Morgan fingerprint density at radius 2 is 2.13 bits per heavy atom. The highest BCUT2D eigenvalue weighted by molar-refractivity contribution is 5.86. The number of esters is 1. The van der Waals surface area contributed by atoms with Gasteiger partial charge in [0.25, 0.3) is 0 Å². The number of methoxy groups -OCH3 is 1. The summed E-state index contributed by atoms with van der Waals surface area (Å²) >= 11 is 0. The number of carbonyl (C=O) groups is 1. The first-order valence-electron chi connectivity index (χ1n) is 3.98. The standard InChI is InChI=1S/C10H8F2O3/c1-15-9(14)3-2-6-4-7(11)10(12)8(13)5-6/h2-5,13H,1H3. The monoisotopic (exact) mass is 214 g/mol. The molecule has 0 amide bonds. The van der Waals surface area contributed by atoms with Crippen LogP contribution in [0.3, 0.4) is 0 Å². The van der Waals surface area contributed by atoms with Crippen molar-refractivity contribution in [3.05, 3.63) is 35.4 Å². The molecule has 15 heavy (non-hydrogen) atoms. The number of phenolic OH excluding ortho intramolecular Hbond substituents is 1. The van der Waals surface area contributed by atoms with Crippen LogP contribution in [0.15, 0.2) is 18.2 Å². The number of hydrogen-bond acceptors (Lipinski definition) is 3. The summed E-state index contributed by atoms with van der Waals surface area (Å²) in [5.74, 6) is -3.93. The zero-order chi connectivity index (χ0) is 11.4. The molecule has 80 valence electrons. The average molecular weight is 214 g/mol. The van der Waals surface area contributed by atoms with Crippen LogP contribution in [-0.2, 0) is 9.53 Å². The van der Waals surface area contributed by atoms with Crippen LogP contribution in [0.2, 0.25) is 0 Å². The van der Waals surface area contributed by atoms with Crippen LogP contribution in [0, 0.1) is 11.6 Å². The van der Waals surface area contributed by atoms with Crippen molar-refractivity contribution in [2.45, 2.75) is 0 Å². The maximum absolute atomic E-state index is 12.8. The lowest BCUT2D eigenvalue weighted by Gasteiger charge is -1.99. The molecule has 1 N–H and O–H groups in total. The Balaban J connectivity index is 2.97. The van der Waals surface area contributed by atoms with Crippen LogP contribution in [0.1, 0.15) is 5.56 Å². The fraction of sp³-hybridized carbons (Fsp3) is 0.100. The highest BCUT2D eigenvalue weighted by atomic mass is 19.2. The first kappa shape index (κ1) is 11.2. The third-order valence-electron chi connectivity index (χ3n) is 1.64. The summed E-state index contributed by atoms with van der Waals surface area (Å²) in [4.78, 5) is 10.7. The Labute approximate surface area is 84.6 Å². The first-order valence-corrected chi connectivity index (χ1v) is 3.98. The molecule has 0 atom stereocenters. The third-order valence-corrected chi connectivity index (χ3v) is 1.64. The molecule has 0 radical (unpaired) electrons. The number of carbonyl (C=O) groups excluding carboxylic acids is 1. The van der Waals surface area contributed by atoms with Crippen molar-refractivity contribution >= 4 is 12.0 Å². The van der Waals surface area contributed by atoms with E-state index in [4.69, 9.17) is 5.11 Å². The number of halogens is 2. The molecule has 0 aromatic heterocycles. The van der Waals surface area contributed by atoms with Crippen molar-refractivity contribution in [3.8, 4) is 5.75 Å². The number of phenols is 1. The summed E-state index contributed by atoms with van der Waals surface area (Å²) in [6, 6.07) is 1.85. The van der Waals surface area contributed by atoms with E-state index in [9.17, 15) is 13.6 Å². The quantitative estimate of drug-likeness (QED) is 0.603. The minimum Gasteiger partial charge on any atom is -0.505 e. The molecule has 1 aromatic rings. The molecule has 0 heterocycles. The van der Waals surface area contributed by atoms with E-state index in [1.807, 2.05) is 0 Å². The molecule has 5 heteroatoms. The zero-order valence-electron chi connectivity index (χ0n) is 7.83. The predicted molar refractivity (Wildman–Crippen MR) is 49.1 cm³/mol. The number of benzene rings is 1. The predicted octanol–water partition coefficient (Wildman–Crippen LogP) is 1.86. The topological polar surface area (TPSA) is 46.5 Å². The van der Waals surface area contributed by atoms with Gasteiger partial charge in [0.1, 0.15) is 0 Å². The van der Waals surface area contributed by atoms with Crippen LogP contribution in [0.5, 0.6) is 5.75 Å². The van der Waals surface area contributed by atoms with Crippen LogP contribution >= 0.6 is 0 Å². The van der Waals surface area contributed by atoms with Crippen LogP contribution < -0.4 is 0 Å². The number of aromatic hydroxyl groups is 1. The molecular formula is C10H8F2O3. The molecule has 0 aliphatic heterocycles. The molecule has 0 saturated heterocycles. The maximum Gasteiger partial charge on any atom is 0.330 e. The lowest BCUT2D eigenvalue weighted by Crippen LogP contribution is -1.93. The Kier molecular flexibility index (Phi) is 3.38. The van der Waals surface area contributed by atoms with Crippen molar-refractivity contribution in [2.24, 2.45) is 0 Å². The number of rotatable bonds is 2. The largest absolute Gasteiger partial charge is 0.505 e. The van der Waals surface area contributed by atoms with Gasteiger partial charge in [-0.25, -0.2) is 9.18 Å². The highest BCUT2D eigenvalue weighted by Gasteiger charge is 2.08. The van der Waals surface area contributed by atoms with Gasteiger partial charge in [-0.2, -0.15) is 4.39 Å². The summed E-state index contributed by atoms with van der Waals surface area (Å²) in [7, 11) is 1.19. The second-order valence-electron chi connectivity index (χ2n) is 2.69. The van der Waals surface area contributed by atoms with Crippen molar-refractivity contribution < 1.29 is 23.4 Å². The van der Waals surface area contributed by atoms with Gasteiger partial charge < -0.3 is 9.84 Å². The van der Waals surface area contributed by atoms with Crippen molar-refractivity contribution in [2.75, 3.05) is 7.11 Å². The van der Waals surface area contributed by atoms with Gasteiger partial charge in [-0.05, 0) is 23.8 Å². The van der Waals surface area contributed by atoms with Gasteiger partial charge >= 0.3 is 5.97 Å². The molecular weight excluding hydrogens is 206 g/mol. The number of ether oxygens (including phenoxy) is 1. The van der Waals surface area contributed by atoms with E-state index in [0.29, 0.717) is 0 Å². The maximum atomic E-state index is 12.8. The van der Waals surface area contributed by atoms with Crippen LogP contribution in [-0.4, -0.2) is 18.2 Å². The summed E-state index contributed by atoms with van der Waals surface area (Å²) < 4.78 is 29.7. The molecule has 0 aliphatic carbocycles. The normalized spacial score (nSPS) is 10.6. The fourth-order valence-electron chi connectivity index (χ4n) is 0.923. The smallest absolute Gasteiger partial charge is 0.330 e. The Hall–Kier alpha value is -1.91. The summed E-state index contributed by atoms with van der Waals surface area (Å²) in [6.07, 6.45) is 2.24. The second kappa shape index (κ2) is 4.54. The van der Waals surface area contributed by atoms with Gasteiger partial charge in [0.05, 0.1) is 7.11 Å². The van der Waals surface area contributed by atoms with Gasteiger partial charge in [0.15, 0.2) is 17.4 Å². The fourth-order valence-corrected chi connectivity index (χ4v) is 0.923. The SMILES string of the molecule is COC(=O)C=Cc1cc(O)c(F)c(F)c1. The Morgan fingerprint density at radius 1 is 1.47 bits per heavy atom. The number of hydrogen-bond donors (Lipinski definition) is 1. The second-order valence-corrected chi connectivity index (χ2v) is 2.69. The molecule has 0 fully saturated rings. The van der Waals surface area contributed by atoms with E-state index < -0.39 is 23.4 Å². The molecule has 0 unspecified atom stereocenters. The Bertz CT molecular complexity index is 390.